The maximum Gasteiger partial charge on any atom is 0.420 e. The maximum absolute atomic E-state index is 13.5. The molecule has 0 aliphatic heterocycles. The van der Waals surface area contributed by atoms with Gasteiger partial charge in [-0.1, -0.05) is 12.1 Å². The van der Waals surface area contributed by atoms with Gasteiger partial charge in [-0.3, -0.25) is 9.36 Å². The van der Waals surface area contributed by atoms with E-state index >= 15 is 0 Å². The molecule has 124 valence electrons. The standard InChI is InChI=1S/C17H14BrFN2O3/c1-9-4-3-5-13(10(9)2)20-16(22)8-21-14-6-11(18)12(19)7-15(14)24-17(21)23/h3-7H,8H2,1-2H3,(H,20,22). The van der Waals surface area contributed by atoms with Gasteiger partial charge >= 0.3 is 5.76 Å². The monoisotopic (exact) mass is 392 g/mol. The second-order valence-corrected chi connectivity index (χ2v) is 6.34. The van der Waals surface area contributed by atoms with Gasteiger partial charge in [-0.05, 0) is 53.0 Å². The van der Waals surface area contributed by atoms with E-state index in [0.29, 0.717) is 11.2 Å². The minimum Gasteiger partial charge on any atom is -0.408 e. The number of hydrogen-bond donors (Lipinski definition) is 1. The number of rotatable bonds is 3. The number of anilines is 1. The molecule has 0 unspecified atom stereocenters. The van der Waals surface area contributed by atoms with E-state index in [1.807, 2.05) is 26.0 Å². The van der Waals surface area contributed by atoms with E-state index < -0.39 is 11.6 Å². The predicted octanol–water partition coefficient (Wildman–Crippen LogP) is 3.75. The van der Waals surface area contributed by atoms with Crippen LogP contribution in [0.25, 0.3) is 11.1 Å². The van der Waals surface area contributed by atoms with Gasteiger partial charge in [-0.2, -0.15) is 0 Å². The minimum absolute atomic E-state index is 0.0974. The van der Waals surface area contributed by atoms with Gasteiger partial charge < -0.3 is 9.73 Å². The van der Waals surface area contributed by atoms with E-state index in [9.17, 15) is 14.0 Å². The zero-order valence-electron chi connectivity index (χ0n) is 13.0. The van der Waals surface area contributed by atoms with Crippen LogP contribution in [-0.2, 0) is 11.3 Å². The third-order valence-corrected chi connectivity index (χ3v) is 4.50. The smallest absolute Gasteiger partial charge is 0.408 e. The molecule has 0 saturated heterocycles. The van der Waals surface area contributed by atoms with E-state index in [-0.39, 0.29) is 22.5 Å². The van der Waals surface area contributed by atoms with E-state index in [1.54, 1.807) is 6.07 Å². The zero-order chi connectivity index (χ0) is 17.4. The van der Waals surface area contributed by atoms with E-state index in [4.69, 9.17) is 4.42 Å². The molecule has 0 aliphatic carbocycles. The number of halogens is 2. The van der Waals surface area contributed by atoms with Crippen LogP contribution in [0.15, 0.2) is 44.0 Å². The van der Waals surface area contributed by atoms with Crippen molar-refractivity contribution in [3.8, 4) is 0 Å². The fourth-order valence-corrected chi connectivity index (χ4v) is 2.76. The Morgan fingerprint density at radius 2 is 2.08 bits per heavy atom. The average molecular weight is 393 g/mol. The van der Waals surface area contributed by atoms with E-state index in [1.165, 1.54) is 10.6 Å². The highest BCUT2D eigenvalue weighted by Crippen LogP contribution is 2.23. The molecule has 1 heterocycles. The van der Waals surface area contributed by atoms with Crippen LogP contribution in [0.2, 0.25) is 0 Å². The molecule has 1 N–H and O–H groups in total. The lowest BCUT2D eigenvalue weighted by atomic mass is 10.1. The molecular formula is C17H14BrFN2O3. The molecule has 3 rings (SSSR count). The van der Waals surface area contributed by atoms with Crippen LogP contribution in [0.5, 0.6) is 0 Å². The fraction of sp³-hybridized carbons (Fsp3) is 0.176. The molecule has 24 heavy (non-hydrogen) atoms. The summed E-state index contributed by atoms with van der Waals surface area (Å²) in [6, 6.07) is 8.12. The first-order valence-electron chi connectivity index (χ1n) is 7.21. The summed E-state index contributed by atoms with van der Waals surface area (Å²) in [7, 11) is 0. The molecule has 0 radical (unpaired) electrons. The van der Waals surface area contributed by atoms with E-state index in [2.05, 4.69) is 21.2 Å². The van der Waals surface area contributed by atoms with Crippen LogP contribution in [0.4, 0.5) is 10.1 Å². The third-order valence-electron chi connectivity index (χ3n) is 3.89. The van der Waals surface area contributed by atoms with Crippen LogP contribution in [0.3, 0.4) is 0 Å². The molecule has 1 aromatic heterocycles. The normalized spacial score (nSPS) is 11.0. The SMILES string of the molecule is Cc1cccc(NC(=O)Cn2c(=O)oc3cc(F)c(Br)cc32)c1C. The molecule has 7 heteroatoms. The predicted molar refractivity (Wildman–Crippen MR) is 92.7 cm³/mol. The highest BCUT2D eigenvalue weighted by Gasteiger charge is 2.16. The molecular weight excluding hydrogens is 379 g/mol. The van der Waals surface area contributed by atoms with Crippen molar-refractivity contribution in [3.05, 3.63) is 62.3 Å². The van der Waals surface area contributed by atoms with Crippen molar-refractivity contribution in [1.29, 1.82) is 0 Å². The van der Waals surface area contributed by atoms with Gasteiger partial charge in [0, 0.05) is 11.8 Å². The highest BCUT2D eigenvalue weighted by atomic mass is 79.9. The van der Waals surface area contributed by atoms with Gasteiger partial charge in [-0.15, -0.1) is 0 Å². The van der Waals surface area contributed by atoms with Gasteiger partial charge in [0.2, 0.25) is 5.91 Å². The van der Waals surface area contributed by atoms with Gasteiger partial charge in [0.1, 0.15) is 12.4 Å². The number of fused-ring (bicyclic) bond motifs is 1. The summed E-state index contributed by atoms with van der Waals surface area (Å²) in [5.41, 5.74) is 3.15. The Balaban J connectivity index is 1.91. The number of oxazole rings is 1. The summed E-state index contributed by atoms with van der Waals surface area (Å²) in [5.74, 6) is -1.62. The molecule has 0 atom stereocenters. The van der Waals surface area contributed by atoms with Crippen molar-refractivity contribution >= 4 is 38.6 Å². The summed E-state index contributed by atoms with van der Waals surface area (Å²) in [4.78, 5) is 24.2. The molecule has 3 aromatic rings. The summed E-state index contributed by atoms with van der Waals surface area (Å²) in [6.07, 6.45) is 0. The first-order valence-corrected chi connectivity index (χ1v) is 8.00. The van der Waals surface area contributed by atoms with Crippen LogP contribution < -0.4 is 11.1 Å². The molecule has 0 bridgehead atoms. The molecule has 0 aliphatic rings. The Morgan fingerprint density at radius 1 is 1.33 bits per heavy atom. The number of amides is 1. The summed E-state index contributed by atoms with van der Waals surface area (Å²) < 4.78 is 19.9. The van der Waals surface area contributed by atoms with E-state index in [0.717, 1.165) is 17.2 Å². The molecule has 5 nitrogen and oxygen atoms in total. The molecule has 0 saturated carbocycles. The number of aryl methyl sites for hydroxylation is 1. The third kappa shape index (κ3) is 2.99. The second-order valence-electron chi connectivity index (χ2n) is 5.48. The summed E-state index contributed by atoms with van der Waals surface area (Å²) >= 11 is 3.06. The average Bonchev–Trinajstić information content (AvgIpc) is 2.80. The quantitative estimate of drug-likeness (QED) is 0.737. The lowest BCUT2D eigenvalue weighted by Crippen LogP contribution is -2.25. The van der Waals surface area contributed by atoms with Crippen molar-refractivity contribution in [2.24, 2.45) is 0 Å². The zero-order valence-corrected chi connectivity index (χ0v) is 14.6. The Morgan fingerprint density at radius 3 is 2.83 bits per heavy atom. The maximum atomic E-state index is 13.5. The number of benzene rings is 2. The number of hydrogen-bond acceptors (Lipinski definition) is 3. The fourth-order valence-electron chi connectivity index (χ4n) is 2.43. The number of nitrogens with one attached hydrogen (secondary N) is 1. The Bertz CT molecular complexity index is 1010. The first kappa shape index (κ1) is 16.4. The van der Waals surface area contributed by atoms with Gasteiger partial charge in [0.15, 0.2) is 5.58 Å². The highest BCUT2D eigenvalue weighted by molar-refractivity contribution is 9.10. The minimum atomic E-state index is -0.710. The largest absolute Gasteiger partial charge is 0.420 e. The topological polar surface area (TPSA) is 64.2 Å². The number of aromatic nitrogens is 1. The lowest BCUT2D eigenvalue weighted by Gasteiger charge is -2.10. The van der Waals surface area contributed by atoms with Crippen molar-refractivity contribution < 1.29 is 13.6 Å². The molecule has 0 fully saturated rings. The lowest BCUT2D eigenvalue weighted by molar-refractivity contribution is -0.116. The van der Waals surface area contributed by atoms with Crippen molar-refractivity contribution in [2.45, 2.75) is 20.4 Å². The van der Waals surface area contributed by atoms with Crippen molar-refractivity contribution in [3.63, 3.8) is 0 Å². The van der Waals surface area contributed by atoms with Crippen LogP contribution >= 0.6 is 15.9 Å². The van der Waals surface area contributed by atoms with Crippen LogP contribution in [0, 0.1) is 19.7 Å². The second kappa shape index (κ2) is 6.24. The first-order chi connectivity index (χ1) is 11.4. The van der Waals surface area contributed by atoms with Gasteiger partial charge in [0.25, 0.3) is 0 Å². The Labute approximate surface area is 145 Å². The molecule has 0 spiro atoms. The number of nitrogens with zero attached hydrogens (tertiary/aromatic N) is 1. The molecule has 1 amide bonds. The molecule has 2 aromatic carbocycles. The summed E-state index contributed by atoms with van der Waals surface area (Å²) in [6.45, 7) is 3.63. The summed E-state index contributed by atoms with van der Waals surface area (Å²) in [5, 5.41) is 2.78. The Kier molecular flexibility index (Phi) is 4.28. The van der Waals surface area contributed by atoms with Crippen LogP contribution in [0.1, 0.15) is 11.1 Å². The van der Waals surface area contributed by atoms with Gasteiger partial charge in [0.05, 0.1) is 9.99 Å². The van der Waals surface area contributed by atoms with Crippen LogP contribution in [-0.4, -0.2) is 10.5 Å². The Hall–Kier alpha value is -2.41. The van der Waals surface area contributed by atoms with Crippen molar-refractivity contribution in [1.82, 2.24) is 4.57 Å². The number of carbonyl (C=O) groups excluding carboxylic acids is 1. The van der Waals surface area contributed by atoms with Gasteiger partial charge in [-0.25, -0.2) is 9.18 Å². The van der Waals surface area contributed by atoms with Crippen molar-refractivity contribution in [2.75, 3.05) is 5.32 Å². The number of carbonyl (C=O) groups is 1.